The monoisotopic (exact) mass is 353 g/mol. The highest BCUT2D eigenvalue weighted by molar-refractivity contribution is 5.93. The number of pyridine rings is 1. The molecule has 6 nitrogen and oxygen atoms in total. The van der Waals surface area contributed by atoms with Crippen molar-refractivity contribution in [2.75, 3.05) is 12.4 Å². The first-order valence-electron chi connectivity index (χ1n) is 8.80. The van der Waals surface area contributed by atoms with E-state index in [4.69, 9.17) is 0 Å². The van der Waals surface area contributed by atoms with Gasteiger partial charge >= 0.3 is 0 Å². The summed E-state index contributed by atoms with van der Waals surface area (Å²) in [5, 5.41) is 12.1. The summed E-state index contributed by atoms with van der Waals surface area (Å²) in [5.41, 5.74) is 1.41. The molecule has 1 aliphatic carbocycles. The summed E-state index contributed by atoms with van der Waals surface area (Å²) >= 11 is 0. The summed E-state index contributed by atoms with van der Waals surface area (Å²) in [5.74, 6) is 0.206. The van der Waals surface area contributed by atoms with Gasteiger partial charge in [-0.3, -0.25) is 14.6 Å². The van der Waals surface area contributed by atoms with E-state index in [1.54, 1.807) is 30.3 Å². The lowest BCUT2D eigenvalue weighted by atomic mass is 10.1. The molecule has 136 valence electrons. The van der Waals surface area contributed by atoms with E-state index < -0.39 is 0 Å². The van der Waals surface area contributed by atoms with E-state index in [0.717, 1.165) is 18.5 Å². The lowest BCUT2D eigenvalue weighted by molar-refractivity contribution is -0.134. The first-order valence-corrected chi connectivity index (χ1v) is 8.80. The van der Waals surface area contributed by atoms with Crippen LogP contribution in [0.1, 0.15) is 37.4 Å². The number of carbonyl (C=O) groups is 2. The molecular formula is C20H23N3O3. The zero-order valence-electron chi connectivity index (χ0n) is 14.8. The number of hydrogen-bond donors (Lipinski definition) is 2. The molecule has 1 aliphatic rings. The van der Waals surface area contributed by atoms with Crippen LogP contribution in [-0.4, -0.2) is 33.9 Å². The zero-order chi connectivity index (χ0) is 18.5. The molecule has 0 saturated heterocycles. The van der Waals surface area contributed by atoms with Gasteiger partial charge in [-0.15, -0.1) is 0 Å². The molecule has 0 bridgehead atoms. The summed E-state index contributed by atoms with van der Waals surface area (Å²) in [4.78, 5) is 30.8. The maximum Gasteiger partial charge on any atom is 0.224 e. The fourth-order valence-electron chi connectivity index (χ4n) is 3.08. The van der Waals surface area contributed by atoms with Crippen LogP contribution >= 0.6 is 0 Å². The minimum atomic E-state index is -0.252. The average molecular weight is 353 g/mol. The van der Waals surface area contributed by atoms with Gasteiger partial charge in [0.1, 0.15) is 5.75 Å². The summed E-state index contributed by atoms with van der Waals surface area (Å²) in [6.07, 6.45) is 4.16. The van der Waals surface area contributed by atoms with Gasteiger partial charge in [-0.05, 0) is 43.0 Å². The van der Waals surface area contributed by atoms with Gasteiger partial charge in [0, 0.05) is 37.8 Å². The largest absolute Gasteiger partial charge is 0.508 e. The quantitative estimate of drug-likeness (QED) is 0.801. The van der Waals surface area contributed by atoms with Gasteiger partial charge < -0.3 is 15.3 Å². The van der Waals surface area contributed by atoms with Crippen molar-refractivity contribution in [3.63, 3.8) is 0 Å². The SMILES string of the molecule is CN(C(=O)CCC(=O)Nc1cccc(O)c1)[C@H](c1ccccn1)C1CC1. The van der Waals surface area contributed by atoms with E-state index in [-0.39, 0.29) is 36.4 Å². The fraction of sp³-hybridized carbons (Fsp3) is 0.350. The first-order chi connectivity index (χ1) is 12.5. The predicted molar refractivity (Wildman–Crippen MR) is 98.4 cm³/mol. The number of rotatable bonds is 7. The van der Waals surface area contributed by atoms with Crippen LogP contribution in [0.4, 0.5) is 5.69 Å². The molecule has 0 radical (unpaired) electrons. The van der Waals surface area contributed by atoms with Crippen molar-refractivity contribution in [3.05, 3.63) is 54.4 Å². The number of aromatic hydroxyl groups is 1. The molecule has 0 aliphatic heterocycles. The molecule has 1 fully saturated rings. The van der Waals surface area contributed by atoms with Gasteiger partial charge in [-0.25, -0.2) is 0 Å². The van der Waals surface area contributed by atoms with Crippen molar-refractivity contribution in [2.45, 2.75) is 31.7 Å². The molecule has 2 N–H and O–H groups in total. The van der Waals surface area contributed by atoms with Gasteiger partial charge in [-0.1, -0.05) is 12.1 Å². The summed E-state index contributed by atoms with van der Waals surface area (Å²) in [6.45, 7) is 0. The van der Waals surface area contributed by atoms with Crippen LogP contribution in [0.2, 0.25) is 0 Å². The van der Waals surface area contributed by atoms with E-state index in [1.165, 1.54) is 12.1 Å². The van der Waals surface area contributed by atoms with Crippen LogP contribution in [0.5, 0.6) is 5.75 Å². The summed E-state index contributed by atoms with van der Waals surface area (Å²) in [7, 11) is 1.78. The molecule has 1 heterocycles. The molecule has 3 rings (SSSR count). The number of hydrogen-bond acceptors (Lipinski definition) is 4. The van der Waals surface area contributed by atoms with E-state index >= 15 is 0 Å². The predicted octanol–water partition coefficient (Wildman–Crippen LogP) is 3.12. The van der Waals surface area contributed by atoms with Crippen molar-refractivity contribution in [1.82, 2.24) is 9.88 Å². The van der Waals surface area contributed by atoms with Crippen LogP contribution in [-0.2, 0) is 9.59 Å². The molecule has 2 amide bonds. The minimum absolute atomic E-state index is 0.0298. The third-order valence-electron chi connectivity index (χ3n) is 4.57. The number of nitrogens with zero attached hydrogens (tertiary/aromatic N) is 2. The smallest absolute Gasteiger partial charge is 0.224 e. The molecule has 1 atom stereocenters. The Morgan fingerprint density at radius 2 is 2.04 bits per heavy atom. The molecule has 1 aromatic heterocycles. The molecule has 26 heavy (non-hydrogen) atoms. The van der Waals surface area contributed by atoms with E-state index in [1.807, 2.05) is 18.2 Å². The second-order valence-corrected chi connectivity index (χ2v) is 6.64. The number of benzene rings is 1. The van der Waals surface area contributed by atoms with Crippen molar-refractivity contribution in [1.29, 1.82) is 0 Å². The molecule has 0 unspecified atom stereocenters. The number of aromatic nitrogens is 1. The minimum Gasteiger partial charge on any atom is -0.508 e. The average Bonchev–Trinajstić information content (AvgIpc) is 3.45. The van der Waals surface area contributed by atoms with Crippen molar-refractivity contribution >= 4 is 17.5 Å². The van der Waals surface area contributed by atoms with Gasteiger partial charge in [0.25, 0.3) is 0 Å². The molecule has 2 aromatic rings. The lowest BCUT2D eigenvalue weighted by Crippen LogP contribution is -2.33. The highest BCUT2D eigenvalue weighted by Gasteiger charge is 2.37. The number of phenols is 1. The topological polar surface area (TPSA) is 82.5 Å². The molecule has 1 saturated carbocycles. The van der Waals surface area contributed by atoms with Crippen LogP contribution in [0, 0.1) is 5.92 Å². The van der Waals surface area contributed by atoms with Crippen molar-refractivity contribution in [3.8, 4) is 5.75 Å². The number of anilines is 1. The van der Waals surface area contributed by atoms with Crippen LogP contribution in [0.15, 0.2) is 48.7 Å². The van der Waals surface area contributed by atoms with E-state index in [0.29, 0.717) is 11.6 Å². The molecule has 6 heteroatoms. The Hall–Kier alpha value is -2.89. The fourth-order valence-corrected chi connectivity index (χ4v) is 3.08. The van der Waals surface area contributed by atoms with Crippen LogP contribution in [0.3, 0.4) is 0 Å². The number of carbonyl (C=O) groups excluding carboxylic acids is 2. The maximum atomic E-state index is 12.6. The van der Waals surface area contributed by atoms with Gasteiger partial charge in [-0.2, -0.15) is 0 Å². The third kappa shape index (κ3) is 4.59. The molecule has 1 aromatic carbocycles. The summed E-state index contributed by atoms with van der Waals surface area (Å²) in [6, 6.07) is 12.0. The molecule has 0 spiro atoms. The second-order valence-electron chi connectivity index (χ2n) is 6.64. The second kappa shape index (κ2) is 7.99. The normalized spacial score (nSPS) is 14.5. The van der Waals surface area contributed by atoms with Crippen molar-refractivity contribution < 1.29 is 14.7 Å². The van der Waals surface area contributed by atoms with Gasteiger partial charge in [0.2, 0.25) is 11.8 Å². The van der Waals surface area contributed by atoms with Gasteiger partial charge in [0.05, 0.1) is 11.7 Å². The number of phenolic OH excluding ortho intramolecular Hbond substituents is 1. The summed E-state index contributed by atoms with van der Waals surface area (Å²) < 4.78 is 0. The molecular weight excluding hydrogens is 330 g/mol. The lowest BCUT2D eigenvalue weighted by Gasteiger charge is -2.28. The Balaban J connectivity index is 1.56. The number of nitrogens with one attached hydrogen (secondary N) is 1. The Labute approximate surface area is 152 Å². The zero-order valence-corrected chi connectivity index (χ0v) is 14.8. The number of amides is 2. The third-order valence-corrected chi connectivity index (χ3v) is 4.57. The van der Waals surface area contributed by atoms with E-state index in [9.17, 15) is 14.7 Å². The highest BCUT2D eigenvalue weighted by Crippen LogP contribution is 2.43. The Kier molecular flexibility index (Phi) is 5.51. The Morgan fingerprint density at radius 3 is 2.69 bits per heavy atom. The Morgan fingerprint density at radius 1 is 1.23 bits per heavy atom. The standard InChI is InChI=1S/C20H23N3O3/c1-23(20(14-8-9-14)17-7-2-3-12-21-17)19(26)11-10-18(25)22-15-5-4-6-16(24)13-15/h2-7,12-14,20,24H,8-11H2,1H3,(H,22,25)/t20-/m0/s1. The van der Waals surface area contributed by atoms with E-state index in [2.05, 4.69) is 10.3 Å². The Bertz CT molecular complexity index is 775. The first kappa shape index (κ1) is 17.9. The van der Waals surface area contributed by atoms with Crippen LogP contribution < -0.4 is 5.32 Å². The van der Waals surface area contributed by atoms with Crippen molar-refractivity contribution in [2.24, 2.45) is 5.92 Å². The maximum absolute atomic E-state index is 12.6. The van der Waals surface area contributed by atoms with Gasteiger partial charge in [0.15, 0.2) is 0 Å². The van der Waals surface area contributed by atoms with Crippen LogP contribution in [0.25, 0.3) is 0 Å². The highest BCUT2D eigenvalue weighted by atomic mass is 16.3.